The molecule has 1 unspecified atom stereocenters. The maximum atomic E-state index is 5.40. The van der Waals surface area contributed by atoms with Gasteiger partial charge in [0.2, 0.25) is 0 Å². The maximum Gasteiger partial charge on any atom is 0.0507 e. The highest BCUT2D eigenvalue weighted by molar-refractivity contribution is 9.09. The van der Waals surface area contributed by atoms with Gasteiger partial charge in [0.1, 0.15) is 0 Å². The molecular weight excluding hydrogens is 242 g/mol. The van der Waals surface area contributed by atoms with Crippen LogP contribution in [0.5, 0.6) is 0 Å². The Bertz CT molecular complexity index is 137. The summed E-state index contributed by atoms with van der Waals surface area (Å²) in [5, 5.41) is 1.09. The number of ether oxygens (including phenoxy) is 1. The van der Waals surface area contributed by atoms with Crippen LogP contribution in [0.1, 0.15) is 26.2 Å². The van der Waals surface area contributed by atoms with E-state index in [2.05, 4.69) is 27.8 Å². The third kappa shape index (κ3) is 4.76. The average Bonchev–Trinajstić information content (AvgIpc) is 2.67. The van der Waals surface area contributed by atoms with Crippen molar-refractivity contribution in [1.29, 1.82) is 0 Å². The van der Waals surface area contributed by atoms with Gasteiger partial charge < -0.3 is 9.64 Å². The highest BCUT2D eigenvalue weighted by Gasteiger charge is 2.18. The summed E-state index contributed by atoms with van der Waals surface area (Å²) in [7, 11) is 0. The normalized spacial score (nSPS) is 22.1. The molecule has 0 bridgehead atoms. The minimum atomic E-state index is 0.783. The second-order valence-corrected chi connectivity index (χ2v) is 4.87. The Balaban J connectivity index is 2.18. The SMILES string of the molecule is CCCCN(CCBr)CC1CCOC1. The molecule has 0 spiro atoms. The van der Waals surface area contributed by atoms with Crippen molar-refractivity contribution in [2.75, 3.05) is 38.2 Å². The third-order valence-electron chi connectivity index (χ3n) is 2.77. The summed E-state index contributed by atoms with van der Waals surface area (Å²) in [4.78, 5) is 2.57. The van der Waals surface area contributed by atoms with Gasteiger partial charge in [-0.2, -0.15) is 0 Å². The van der Waals surface area contributed by atoms with Crippen molar-refractivity contribution < 1.29 is 4.74 Å². The summed E-state index contributed by atoms with van der Waals surface area (Å²) in [6.45, 7) is 7.86. The number of unbranched alkanes of at least 4 members (excludes halogenated alkanes) is 1. The summed E-state index contributed by atoms with van der Waals surface area (Å²) < 4.78 is 5.40. The molecular formula is C11H22BrNO. The van der Waals surface area contributed by atoms with Crippen molar-refractivity contribution >= 4 is 15.9 Å². The smallest absolute Gasteiger partial charge is 0.0507 e. The van der Waals surface area contributed by atoms with Gasteiger partial charge in [0.25, 0.3) is 0 Å². The number of hydrogen-bond donors (Lipinski definition) is 0. The molecule has 84 valence electrons. The van der Waals surface area contributed by atoms with E-state index in [1.165, 1.54) is 38.9 Å². The number of rotatable bonds is 7. The molecule has 1 rings (SSSR count). The van der Waals surface area contributed by atoms with E-state index in [0.717, 1.165) is 24.5 Å². The molecule has 1 atom stereocenters. The molecule has 0 amide bonds. The lowest BCUT2D eigenvalue weighted by Crippen LogP contribution is -2.32. The van der Waals surface area contributed by atoms with E-state index in [4.69, 9.17) is 4.74 Å². The van der Waals surface area contributed by atoms with Crippen molar-refractivity contribution in [1.82, 2.24) is 4.90 Å². The quantitative estimate of drug-likeness (QED) is 0.655. The monoisotopic (exact) mass is 263 g/mol. The zero-order valence-electron chi connectivity index (χ0n) is 9.17. The Morgan fingerprint density at radius 3 is 2.86 bits per heavy atom. The fourth-order valence-corrected chi connectivity index (χ4v) is 2.39. The summed E-state index contributed by atoms with van der Waals surface area (Å²) in [6, 6.07) is 0. The zero-order valence-corrected chi connectivity index (χ0v) is 10.8. The van der Waals surface area contributed by atoms with Crippen LogP contribution in [0.4, 0.5) is 0 Å². The number of halogens is 1. The first-order valence-corrected chi connectivity index (χ1v) is 6.85. The maximum absolute atomic E-state index is 5.40. The lowest BCUT2D eigenvalue weighted by atomic mass is 10.1. The molecule has 14 heavy (non-hydrogen) atoms. The van der Waals surface area contributed by atoms with E-state index in [1.54, 1.807) is 0 Å². The number of nitrogens with zero attached hydrogens (tertiary/aromatic N) is 1. The van der Waals surface area contributed by atoms with Crippen molar-refractivity contribution in [2.45, 2.75) is 26.2 Å². The average molecular weight is 264 g/mol. The molecule has 3 heteroatoms. The van der Waals surface area contributed by atoms with Crippen LogP contribution >= 0.6 is 15.9 Å². The Morgan fingerprint density at radius 2 is 2.29 bits per heavy atom. The largest absolute Gasteiger partial charge is 0.381 e. The molecule has 0 aliphatic carbocycles. The van der Waals surface area contributed by atoms with Crippen LogP contribution in [0.25, 0.3) is 0 Å². The van der Waals surface area contributed by atoms with Gasteiger partial charge in [-0.1, -0.05) is 29.3 Å². The van der Waals surface area contributed by atoms with Crippen LogP contribution in [0.15, 0.2) is 0 Å². The first kappa shape index (κ1) is 12.5. The standard InChI is InChI=1S/C11H22BrNO/c1-2-3-6-13(7-5-12)9-11-4-8-14-10-11/h11H,2-10H2,1H3. The van der Waals surface area contributed by atoms with Crippen LogP contribution in [0.2, 0.25) is 0 Å². The molecule has 0 N–H and O–H groups in total. The van der Waals surface area contributed by atoms with Gasteiger partial charge in [0.15, 0.2) is 0 Å². The van der Waals surface area contributed by atoms with Gasteiger partial charge >= 0.3 is 0 Å². The lowest BCUT2D eigenvalue weighted by Gasteiger charge is -2.23. The van der Waals surface area contributed by atoms with Crippen LogP contribution in [0.3, 0.4) is 0 Å². The first-order valence-electron chi connectivity index (χ1n) is 5.73. The summed E-state index contributed by atoms with van der Waals surface area (Å²) in [5.41, 5.74) is 0. The molecule has 2 nitrogen and oxygen atoms in total. The van der Waals surface area contributed by atoms with Crippen LogP contribution in [-0.2, 0) is 4.74 Å². The van der Waals surface area contributed by atoms with Crippen molar-refractivity contribution in [2.24, 2.45) is 5.92 Å². The third-order valence-corrected chi connectivity index (χ3v) is 3.12. The predicted octanol–water partition coefficient (Wildman–Crippen LogP) is 2.52. The van der Waals surface area contributed by atoms with Crippen molar-refractivity contribution in [3.63, 3.8) is 0 Å². The minimum Gasteiger partial charge on any atom is -0.381 e. The fraction of sp³-hybridized carbons (Fsp3) is 1.00. The molecule has 1 aliphatic heterocycles. The van der Waals surface area contributed by atoms with Gasteiger partial charge in [-0.25, -0.2) is 0 Å². The van der Waals surface area contributed by atoms with E-state index < -0.39 is 0 Å². The fourth-order valence-electron chi connectivity index (χ4n) is 1.89. The molecule has 0 saturated carbocycles. The Kier molecular flexibility index (Phi) is 6.82. The molecule has 1 heterocycles. The molecule has 0 radical (unpaired) electrons. The summed E-state index contributed by atoms with van der Waals surface area (Å²) >= 11 is 3.52. The Hall–Kier alpha value is 0.400. The second-order valence-electron chi connectivity index (χ2n) is 4.07. The molecule has 0 aromatic rings. The van der Waals surface area contributed by atoms with Crippen LogP contribution in [-0.4, -0.2) is 43.1 Å². The van der Waals surface area contributed by atoms with E-state index in [9.17, 15) is 0 Å². The van der Waals surface area contributed by atoms with Gasteiger partial charge in [-0.05, 0) is 25.3 Å². The number of alkyl halides is 1. The molecule has 1 aliphatic rings. The summed E-state index contributed by atoms with van der Waals surface area (Å²) in [6.07, 6.45) is 3.87. The van der Waals surface area contributed by atoms with E-state index >= 15 is 0 Å². The highest BCUT2D eigenvalue weighted by Crippen LogP contribution is 2.14. The van der Waals surface area contributed by atoms with Gasteiger partial charge in [0.05, 0.1) is 6.61 Å². The van der Waals surface area contributed by atoms with E-state index in [-0.39, 0.29) is 0 Å². The molecule has 1 fully saturated rings. The minimum absolute atomic E-state index is 0.783. The van der Waals surface area contributed by atoms with Gasteiger partial charge in [-0.15, -0.1) is 0 Å². The molecule has 0 aromatic carbocycles. The van der Waals surface area contributed by atoms with Crippen molar-refractivity contribution in [3.05, 3.63) is 0 Å². The van der Waals surface area contributed by atoms with E-state index in [1.807, 2.05) is 0 Å². The highest BCUT2D eigenvalue weighted by atomic mass is 79.9. The summed E-state index contributed by atoms with van der Waals surface area (Å²) in [5.74, 6) is 0.783. The Labute approximate surface area is 96.1 Å². The lowest BCUT2D eigenvalue weighted by molar-refractivity contribution is 0.168. The predicted molar refractivity (Wildman–Crippen MR) is 64.1 cm³/mol. The second kappa shape index (κ2) is 7.66. The zero-order chi connectivity index (χ0) is 10.2. The molecule has 1 saturated heterocycles. The van der Waals surface area contributed by atoms with Crippen LogP contribution in [0, 0.1) is 5.92 Å². The Morgan fingerprint density at radius 1 is 1.43 bits per heavy atom. The van der Waals surface area contributed by atoms with Gasteiger partial charge in [-0.3, -0.25) is 0 Å². The first-order chi connectivity index (χ1) is 6.86. The number of hydrogen-bond acceptors (Lipinski definition) is 2. The van der Waals surface area contributed by atoms with Gasteiger partial charge in [0, 0.05) is 25.0 Å². The molecule has 0 aromatic heterocycles. The topological polar surface area (TPSA) is 12.5 Å². The van der Waals surface area contributed by atoms with Crippen LogP contribution < -0.4 is 0 Å². The van der Waals surface area contributed by atoms with E-state index in [0.29, 0.717) is 0 Å². The van der Waals surface area contributed by atoms with Crippen molar-refractivity contribution in [3.8, 4) is 0 Å².